The molecule has 0 unspecified atom stereocenters. The van der Waals surface area contributed by atoms with E-state index in [1.807, 2.05) is 0 Å². The fourth-order valence-corrected chi connectivity index (χ4v) is 3.21. The van der Waals surface area contributed by atoms with Crippen molar-refractivity contribution in [1.82, 2.24) is 0 Å². The summed E-state index contributed by atoms with van der Waals surface area (Å²) in [5, 5.41) is 0. The lowest BCUT2D eigenvalue weighted by Crippen LogP contribution is -2.08. The van der Waals surface area contributed by atoms with Gasteiger partial charge in [-0.2, -0.15) is 13.2 Å². The Hall–Kier alpha value is -4.27. The van der Waals surface area contributed by atoms with Crippen LogP contribution in [0.2, 0.25) is 0 Å². The molecule has 4 rings (SSSR count). The summed E-state index contributed by atoms with van der Waals surface area (Å²) >= 11 is 0. The van der Waals surface area contributed by atoms with Gasteiger partial charge in [0.05, 0.1) is 5.56 Å². The van der Waals surface area contributed by atoms with Crippen LogP contribution in [-0.2, 0) is 6.18 Å². The second-order valence-electron chi connectivity index (χ2n) is 7.40. The van der Waals surface area contributed by atoms with Crippen LogP contribution in [0.1, 0.15) is 5.56 Å². The molecule has 176 valence electrons. The molecule has 0 fully saturated rings. The van der Waals surface area contributed by atoms with E-state index in [-0.39, 0.29) is 22.4 Å². The molecule has 0 atom stereocenters. The molecule has 4 aromatic carbocycles. The van der Waals surface area contributed by atoms with Crippen molar-refractivity contribution in [3.05, 3.63) is 96.1 Å². The van der Waals surface area contributed by atoms with E-state index in [1.54, 1.807) is 24.3 Å². The third-order valence-electron chi connectivity index (χ3n) is 4.85. The molecule has 0 aliphatic carbocycles. The number of halogens is 5. The number of nitrogen functional groups attached to an aromatic ring is 4. The van der Waals surface area contributed by atoms with Crippen LogP contribution in [0.4, 0.5) is 44.7 Å². The quantitative estimate of drug-likeness (QED) is 0.202. The molecule has 0 heterocycles. The maximum absolute atomic E-state index is 13.5. The van der Waals surface area contributed by atoms with Crippen LogP contribution in [0.25, 0.3) is 22.3 Å². The smallest absolute Gasteiger partial charge is 0.399 e. The van der Waals surface area contributed by atoms with Crippen LogP contribution >= 0.6 is 0 Å². The summed E-state index contributed by atoms with van der Waals surface area (Å²) in [7, 11) is 0. The van der Waals surface area contributed by atoms with Gasteiger partial charge in [-0.25, -0.2) is 8.78 Å². The van der Waals surface area contributed by atoms with Gasteiger partial charge in [0.2, 0.25) is 0 Å². The Morgan fingerprint density at radius 2 is 0.853 bits per heavy atom. The van der Waals surface area contributed by atoms with E-state index in [2.05, 4.69) is 0 Å². The summed E-state index contributed by atoms with van der Waals surface area (Å²) in [4.78, 5) is 0. The monoisotopic (exact) mass is 472 g/mol. The van der Waals surface area contributed by atoms with E-state index in [0.717, 1.165) is 18.2 Å². The van der Waals surface area contributed by atoms with Crippen LogP contribution in [0, 0.1) is 11.6 Å². The third-order valence-corrected chi connectivity index (χ3v) is 4.85. The molecular formula is C25H21F5N4. The largest absolute Gasteiger partial charge is 0.417 e. The Kier molecular flexibility index (Phi) is 6.95. The first-order chi connectivity index (χ1) is 16.0. The van der Waals surface area contributed by atoms with Crippen molar-refractivity contribution >= 4 is 22.7 Å². The molecule has 4 aromatic rings. The van der Waals surface area contributed by atoms with Crippen molar-refractivity contribution < 1.29 is 22.0 Å². The van der Waals surface area contributed by atoms with Gasteiger partial charge < -0.3 is 22.9 Å². The van der Waals surface area contributed by atoms with Gasteiger partial charge in [0, 0.05) is 33.9 Å². The van der Waals surface area contributed by atoms with Gasteiger partial charge in [-0.1, -0.05) is 18.2 Å². The molecule has 9 heteroatoms. The number of anilines is 4. The minimum atomic E-state index is -4.44. The molecule has 0 bridgehead atoms. The lowest BCUT2D eigenvalue weighted by atomic mass is 9.98. The Balaban J connectivity index is 0.000000192. The standard InChI is InChI=1S/C13H11F3N2.C12H10F2N2/c14-13(15,16)12-7-10(18)5-6-11(12)8-1-3-9(17)4-2-8;13-11-5-7(15)1-3-9(11)10-4-2-8(16)6-12(10)14/h1-7H,17-18H2;1-6H,15-16H2. The first-order valence-electron chi connectivity index (χ1n) is 9.89. The summed E-state index contributed by atoms with van der Waals surface area (Å²) in [6, 6.07) is 18.2. The number of benzene rings is 4. The summed E-state index contributed by atoms with van der Waals surface area (Å²) in [6.45, 7) is 0. The summed E-state index contributed by atoms with van der Waals surface area (Å²) in [6.07, 6.45) is -4.44. The van der Waals surface area contributed by atoms with Gasteiger partial charge in [0.25, 0.3) is 0 Å². The highest BCUT2D eigenvalue weighted by Gasteiger charge is 2.33. The maximum Gasteiger partial charge on any atom is 0.417 e. The molecule has 0 aliphatic rings. The van der Waals surface area contributed by atoms with Crippen molar-refractivity contribution in [1.29, 1.82) is 0 Å². The molecule has 0 spiro atoms. The normalized spacial score (nSPS) is 11.0. The molecule has 0 radical (unpaired) electrons. The predicted octanol–water partition coefficient (Wildman–Crippen LogP) is 6.33. The molecule has 4 nitrogen and oxygen atoms in total. The highest BCUT2D eigenvalue weighted by Crippen LogP contribution is 2.38. The Morgan fingerprint density at radius 3 is 1.26 bits per heavy atom. The van der Waals surface area contributed by atoms with Gasteiger partial charge in [-0.05, 0) is 71.8 Å². The molecule has 8 N–H and O–H groups in total. The van der Waals surface area contributed by atoms with Crippen LogP contribution in [-0.4, -0.2) is 0 Å². The highest BCUT2D eigenvalue weighted by atomic mass is 19.4. The first-order valence-corrected chi connectivity index (χ1v) is 9.89. The predicted molar refractivity (Wildman–Crippen MR) is 126 cm³/mol. The lowest BCUT2D eigenvalue weighted by Gasteiger charge is -2.13. The van der Waals surface area contributed by atoms with E-state index in [0.29, 0.717) is 22.6 Å². The van der Waals surface area contributed by atoms with Gasteiger partial charge in [0.1, 0.15) is 11.6 Å². The average molecular weight is 472 g/mol. The minimum absolute atomic E-state index is 0.0847. The first kappa shape index (κ1) is 24.4. The van der Waals surface area contributed by atoms with E-state index in [4.69, 9.17) is 22.9 Å². The zero-order valence-corrected chi connectivity index (χ0v) is 17.7. The number of hydrogen-bond acceptors (Lipinski definition) is 4. The SMILES string of the molecule is Nc1ccc(-c2ccc(N)cc2C(F)(F)F)cc1.Nc1ccc(-c2ccc(N)cc2F)c(F)c1. The number of nitrogens with two attached hydrogens (primary N) is 4. The van der Waals surface area contributed by atoms with Crippen molar-refractivity contribution in [3.63, 3.8) is 0 Å². The molecule has 0 saturated heterocycles. The average Bonchev–Trinajstić information content (AvgIpc) is 2.75. The van der Waals surface area contributed by atoms with Crippen LogP contribution < -0.4 is 22.9 Å². The van der Waals surface area contributed by atoms with Gasteiger partial charge in [-0.15, -0.1) is 0 Å². The van der Waals surface area contributed by atoms with Crippen LogP contribution in [0.5, 0.6) is 0 Å². The zero-order chi connectivity index (χ0) is 25.0. The van der Waals surface area contributed by atoms with E-state index < -0.39 is 23.4 Å². The Labute approximate surface area is 192 Å². The minimum Gasteiger partial charge on any atom is -0.399 e. The molecule has 34 heavy (non-hydrogen) atoms. The van der Waals surface area contributed by atoms with E-state index in [1.165, 1.54) is 36.4 Å². The van der Waals surface area contributed by atoms with Crippen molar-refractivity contribution in [3.8, 4) is 22.3 Å². The van der Waals surface area contributed by atoms with Crippen LogP contribution in [0.3, 0.4) is 0 Å². The van der Waals surface area contributed by atoms with Crippen molar-refractivity contribution in [2.75, 3.05) is 22.9 Å². The molecule has 0 aliphatic heterocycles. The van der Waals surface area contributed by atoms with E-state index >= 15 is 0 Å². The molecule has 0 amide bonds. The van der Waals surface area contributed by atoms with Gasteiger partial charge in [0.15, 0.2) is 0 Å². The van der Waals surface area contributed by atoms with E-state index in [9.17, 15) is 22.0 Å². The van der Waals surface area contributed by atoms with Crippen molar-refractivity contribution in [2.24, 2.45) is 0 Å². The third kappa shape index (κ3) is 5.74. The second-order valence-corrected chi connectivity index (χ2v) is 7.40. The van der Waals surface area contributed by atoms with Gasteiger partial charge in [-0.3, -0.25) is 0 Å². The zero-order valence-electron chi connectivity index (χ0n) is 17.7. The maximum atomic E-state index is 13.5. The second kappa shape index (κ2) is 9.70. The highest BCUT2D eigenvalue weighted by molar-refractivity contribution is 5.72. The summed E-state index contributed by atoms with van der Waals surface area (Å²) < 4.78 is 65.8. The molecule has 0 saturated carbocycles. The lowest BCUT2D eigenvalue weighted by molar-refractivity contribution is -0.137. The molecular weight excluding hydrogens is 451 g/mol. The van der Waals surface area contributed by atoms with Gasteiger partial charge >= 0.3 is 6.18 Å². The summed E-state index contributed by atoms with van der Waals surface area (Å²) in [5.41, 5.74) is 23.1. The topological polar surface area (TPSA) is 104 Å². The fourth-order valence-electron chi connectivity index (χ4n) is 3.21. The summed E-state index contributed by atoms with van der Waals surface area (Å²) in [5.74, 6) is -1.10. The number of hydrogen-bond donors (Lipinski definition) is 4. The fraction of sp³-hybridized carbons (Fsp3) is 0.0400. The number of rotatable bonds is 2. The molecule has 0 aromatic heterocycles. The van der Waals surface area contributed by atoms with Crippen LogP contribution in [0.15, 0.2) is 78.9 Å². The Bertz CT molecular complexity index is 1250. The van der Waals surface area contributed by atoms with Crippen molar-refractivity contribution in [2.45, 2.75) is 6.18 Å². The Morgan fingerprint density at radius 1 is 0.471 bits per heavy atom. The number of alkyl halides is 3.